The van der Waals surface area contributed by atoms with Gasteiger partial charge in [-0.3, -0.25) is 15.1 Å². The second kappa shape index (κ2) is 6.47. The average Bonchev–Trinajstić information content (AvgIpc) is 3.20. The molecule has 0 aliphatic rings. The van der Waals surface area contributed by atoms with Gasteiger partial charge in [-0.25, -0.2) is 9.97 Å². The van der Waals surface area contributed by atoms with Crippen LogP contribution in [0.4, 0.5) is 10.8 Å². The molecule has 6 nitrogen and oxygen atoms in total. The molecule has 4 rings (SSSR count). The number of nitrogens with zero attached hydrogens (tertiary/aromatic N) is 3. The lowest BCUT2D eigenvalue weighted by atomic mass is 10.1. The summed E-state index contributed by atoms with van der Waals surface area (Å²) in [7, 11) is 0. The van der Waals surface area contributed by atoms with Crippen molar-refractivity contribution in [2.24, 2.45) is 0 Å². The molecule has 0 aliphatic heterocycles. The van der Waals surface area contributed by atoms with Crippen molar-refractivity contribution in [3.05, 3.63) is 52.1 Å². The number of aryl methyl sites for hydroxylation is 2. The zero-order valence-electron chi connectivity index (χ0n) is 14.1. The standard InChI is InChI=1S/C18H15N5OS2/c1-9-6-10(2)21-17-13(9)14(19)15(26-17)16(24)23-18-22-12(8-25-18)11-4-3-5-20-7-11/h3-8H,19H2,1-2H3,(H,22,23,24). The van der Waals surface area contributed by atoms with E-state index in [9.17, 15) is 4.79 Å². The Morgan fingerprint density at radius 3 is 2.88 bits per heavy atom. The first-order valence-corrected chi connectivity index (χ1v) is 9.56. The highest BCUT2D eigenvalue weighted by Crippen LogP contribution is 2.35. The van der Waals surface area contributed by atoms with Crippen LogP contribution in [0.5, 0.6) is 0 Å². The normalized spacial score (nSPS) is 11.0. The highest BCUT2D eigenvalue weighted by atomic mass is 32.1. The Balaban J connectivity index is 1.63. The summed E-state index contributed by atoms with van der Waals surface area (Å²) in [5, 5.41) is 6.09. The van der Waals surface area contributed by atoms with E-state index in [1.165, 1.54) is 22.7 Å². The van der Waals surface area contributed by atoms with E-state index in [-0.39, 0.29) is 5.91 Å². The lowest BCUT2D eigenvalue weighted by Gasteiger charge is -2.01. The Bertz CT molecular complexity index is 1120. The molecule has 0 aromatic carbocycles. The summed E-state index contributed by atoms with van der Waals surface area (Å²) in [4.78, 5) is 27.0. The summed E-state index contributed by atoms with van der Waals surface area (Å²) < 4.78 is 0. The van der Waals surface area contributed by atoms with Crippen molar-refractivity contribution in [3.63, 3.8) is 0 Å². The molecule has 3 N–H and O–H groups in total. The molecule has 0 unspecified atom stereocenters. The third-order valence-electron chi connectivity index (χ3n) is 3.91. The third kappa shape index (κ3) is 2.93. The fourth-order valence-electron chi connectivity index (χ4n) is 2.77. The van der Waals surface area contributed by atoms with E-state index in [0.29, 0.717) is 15.7 Å². The minimum Gasteiger partial charge on any atom is -0.397 e. The van der Waals surface area contributed by atoms with Crippen molar-refractivity contribution in [2.75, 3.05) is 11.1 Å². The van der Waals surface area contributed by atoms with E-state index in [2.05, 4.69) is 20.3 Å². The fraction of sp³-hybridized carbons (Fsp3) is 0.111. The number of thiazole rings is 1. The molecule has 0 saturated carbocycles. The quantitative estimate of drug-likeness (QED) is 0.553. The van der Waals surface area contributed by atoms with Gasteiger partial charge in [-0.1, -0.05) is 0 Å². The number of carbonyl (C=O) groups excluding carboxylic acids is 1. The molecule has 0 radical (unpaired) electrons. The lowest BCUT2D eigenvalue weighted by molar-refractivity contribution is 0.103. The van der Waals surface area contributed by atoms with Crippen molar-refractivity contribution >= 4 is 49.6 Å². The minimum atomic E-state index is -0.269. The number of pyridine rings is 2. The molecule has 8 heteroatoms. The Morgan fingerprint density at radius 1 is 1.27 bits per heavy atom. The predicted molar refractivity (Wildman–Crippen MR) is 107 cm³/mol. The number of anilines is 2. The Hall–Kier alpha value is -2.84. The topological polar surface area (TPSA) is 93.8 Å². The predicted octanol–water partition coefficient (Wildman–Crippen LogP) is 4.27. The van der Waals surface area contributed by atoms with E-state index in [1.807, 2.05) is 37.4 Å². The van der Waals surface area contributed by atoms with Crippen LogP contribution in [-0.2, 0) is 0 Å². The first-order chi connectivity index (χ1) is 12.5. The maximum atomic E-state index is 12.7. The monoisotopic (exact) mass is 381 g/mol. The SMILES string of the molecule is Cc1cc(C)c2c(N)c(C(=O)Nc3nc(-c4cccnc4)cs3)sc2n1. The van der Waals surface area contributed by atoms with Gasteiger partial charge in [-0.2, -0.15) is 0 Å². The Morgan fingerprint density at radius 2 is 2.12 bits per heavy atom. The molecule has 0 bridgehead atoms. The summed E-state index contributed by atoms with van der Waals surface area (Å²) >= 11 is 2.66. The lowest BCUT2D eigenvalue weighted by Crippen LogP contribution is -2.11. The van der Waals surface area contributed by atoms with Gasteiger partial charge in [-0.15, -0.1) is 22.7 Å². The molecular weight excluding hydrogens is 366 g/mol. The molecule has 4 aromatic rings. The number of nitrogens with one attached hydrogen (secondary N) is 1. The van der Waals surface area contributed by atoms with Gasteiger partial charge in [0.15, 0.2) is 5.13 Å². The van der Waals surface area contributed by atoms with Crippen LogP contribution >= 0.6 is 22.7 Å². The first-order valence-electron chi connectivity index (χ1n) is 7.86. The first kappa shape index (κ1) is 16.6. The van der Waals surface area contributed by atoms with Crippen LogP contribution in [0.1, 0.15) is 20.9 Å². The van der Waals surface area contributed by atoms with E-state index in [1.54, 1.807) is 12.4 Å². The number of carbonyl (C=O) groups is 1. The van der Waals surface area contributed by atoms with Crippen molar-refractivity contribution in [3.8, 4) is 11.3 Å². The molecule has 0 saturated heterocycles. The van der Waals surface area contributed by atoms with Gasteiger partial charge in [0.1, 0.15) is 9.71 Å². The number of aromatic nitrogens is 3. The van der Waals surface area contributed by atoms with Crippen LogP contribution in [0.15, 0.2) is 36.0 Å². The van der Waals surface area contributed by atoms with Crippen molar-refractivity contribution in [1.82, 2.24) is 15.0 Å². The molecule has 1 amide bonds. The maximum absolute atomic E-state index is 12.7. The van der Waals surface area contributed by atoms with Gasteiger partial charge in [0.05, 0.1) is 11.4 Å². The second-order valence-corrected chi connectivity index (χ2v) is 7.70. The number of fused-ring (bicyclic) bond motifs is 1. The summed E-state index contributed by atoms with van der Waals surface area (Å²) in [6.07, 6.45) is 3.45. The molecule has 4 aromatic heterocycles. The Labute approximate surface area is 157 Å². The summed E-state index contributed by atoms with van der Waals surface area (Å²) in [5.74, 6) is -0.269. The minimum absolute atomic E-state index is 0.269. The number of amides is 1. The van der Waals surface area contributed by atoms with Gasteiger partial charge >= 0.3 is 0 Å². The van der Waals surface area contributed by atoms with Gasteiger partial charge in [0.25, 0.3) is 5.91 Å². The largest absolute Gasteiger partial charge is 0.397 e. The average molecular weight is 381 g/mol. The maximum Gasteiger partial charge on any atom is 0.269 e. The van der Waals surface area contributed by atoms with Gasteiger partial charge in [0, 0.05) is 34.4 Å². The van der Waals surface area contributed by atoms with E-state index >= 15 is 0 Å². The Kier molecular flexibility index (Phi) is 4.14. The van der Waals surface area contributed by atoms with E-state index in [0.717, 1.165) is 32.7 Å². The summed E-state index contributed by atoms with van der Waals surface area (Å²) in [6.45, 7) is 3.90. The van der Waals surface area contributed by atoms with Crippen LogP contribution in [0.25, 0.3) is 21.5 Å². The third-order valence-corrected chi connectivity index (χ3v) is 5.77. The zero-order valence-corrected chi connectivity index (χ0v) is 15.7. The molecule has 0 aliphatic carbocycles. The van der Waals surface area contributed by atoms with Crippen LogP contribution in [0.3, 0.4) is 0 Å². The number of hydrogen-bond donors (Lipinski definition) is 2. The number of nitrogens with two attached hydrogens (primary N) is 1. The number of hydrogen-bond acceptors (Lipinski definition) is 7. The van der Waals surface area contributed by atoms with Gasteiger partial charge in [-0.05, 0) is 37.6 Å². The molecule has 0 fully saturated rings. The molecule has 130 valence electrons. The zero-order chi connectivity index (χ0) is 18.3. The van der Waals surface area contributed by atoms with E-state index in [4.69, 9.17) is 5.73 Å². The van der Waals surface area contributed by atoms with Crippen LogP contribution in [0, 0.1) is 13.8 Å². The van der Waals surface area contributed by atoms with E-state index < -0.39 is 0 Å². The van der Waals surface area contributed by atoms with Crippen LogP contribution in [-0.4, -0.2) is 20.9 Å². The van der Waals surface area contributed by atoms with Gasteiger partial charge < -0.3 is 5.73 Å². The van der Waals surface area contributed by atoms with Crippen LogP contribution < -0.4 is 11.1 Å². The molecule has 4 heterocycles. The fourth-order valence-corrected chi connectivity index (χ4v) is 4.60. The molecule has 0 spiro atoms. The highest BCUT2D eigenvalue weighted by molar-refractivity contribution is 7.21. The van der Waals surface area contributed by atoms with Crippen molar-refractivity contribution < 1.29 is 4.79 Å². The number of rotatable bonds is 3. The summed E-state index contributed by atoms with van der Waals surface area (Å²) in [6, 6.07) is 5.74. The van der Waals surface area contributed by atoms with Crippen molar-refractivity contribution in [1.29, 1.82) is 0 Å². The number of thiophene rings is 1. The van der Waals surface area contributed by atoms with Gasteiger partial charge in [0.2, 0.25) is 0 Å². The van der Waals surface area contributed by atoms with Crippen LogP contribution in [0.2, 0.25) is 0 Å². The number of nitrogen functional groups attached to an aromatic ring is 1. The smallest absolute Gasteiger partial charge is 0.269 e. The molecule has 0 atom stereocenters. The molecular formula is C18H15N5OS2. The highest BCUT2D eigenvalue weighted by Gasteiger charge is 2.20. The second-order valence-electron chi connectivity index (χ2n) is 5.84. The molecule has 26 heavy (non-hydrogen) atoms. The van der Waals surface area contributed by atoms with Crippen molar-refractivity contribution in [2.45, 2.75) is 13.8 Å². The summed E-state index contributed by atoms with van der Waals surface area (Å²) in [5.41, 5.74) is 10.3.